The number of nitriles is 1. The molecular formula is C26H21F3N2O4. The molecule has 0 aliphatic rings. The van der Waals surface area contributed by atoms with E-state index in [0.29, 0.717) is 33.6 Å². The lowest BCUT2D eigenvalue weighted by atomic mass is 9.98. The molecule has 0 unspecified atom stereocenters. The zero-order valence-electron chi connectivity index (χ0n) is 18.7. The minimum absolute atomic E-state index is 0.101. The number of alkyl halides is 3. The highest BCUT2D eigenvalue weighted by molar-refractivity contribution is 5.91. The molecule has 180 valence electrons. The summed E-state index contributed by atoms with van der Waals surface area (Å²) < 4.78 is 47.6. The molecule has 35 heavy (non-hydrogen) atoms. The number of nitrogens with zero attached hydrogens (tertiary/aromatic N) is 1. The zero-order valence-corrected chi connectivity index (χ0v) is 18.7. The van der Waals surface area contributed by atoms with Crippen molar-refractivity contribution in [3.8, 4) is 22.9 Å². The normalized spacial score (nSPS) is 10.8. The Labute approximate surface area is 199 Å². The van der Waals surface area contributed by atoms with Crippen molar-refractivity contribution in [2.24, 2.45) is 0 Å². The first-order valence-electron chi connectivity index (χ1n) is 10.5. The van der Waals surface area contributed by atoms with Gasteiger partial charge in [0.05, 0.1) is 24.3 Å². The van der Waals surface area contributed by atoms with E-state index in [1.165, 1.54) is 7.11 Å². The predicted molar refractivity (Wildman–Crippen MR) is 121 cm³/mol. The number of rotatable bonds is 8. The predicted octanol–water partition coefficient (Wildman–Crippen LogP) is 4.81. The average Bonchev–Trinajstić information content (AvgIpc) is 2.86. The highest BCUT2D eigenvalue weighted by atomic mass is 19.4. The average molecular weight is 482 g/mol. The second-order valence-corrected chi connectivity index (χ2v) is 7.54. The Bertz CT molecular complexity index is 1270. The Morgan fingerprint density at radius 2 is 1.74 bits per heavy atom. The van der Waals surface area contributed by atoms with E-state index < -0.39 is 18.1 Å². The number of esters is 1. The number of amides is 1. The fourth-order valence-electron chi connectivity index (χ4n) is 3.32. The van der Waals surface area contributed by atoms with Crippen molar-refractivity contribution in [2.45, 2.75) is 19.2 Å². The number of hydrogen-bond donors (Lipinski definition) is 1. The molecule has 3 rings (SSSR count). The summed E-state index contributed by atoms with van der Waals surface area (Å²) in [6, 6.07) is 21.0. The van der Waals surface area contributed by atoms with Crippen LogP contribution in [-0.2, 0) is 22.6 Å². The smallest absolute Gasteiger partial charge is 0.471 e. The third kappa shape index (κ3) is 7.08. The Kier molecular flexibility index (Phi) is 8.10. The van der Waals surface area contributed by atoms with Crippen LogP contribution in [0.15, 0.2) is 66.7 Å². The van der Waals surface area contributed by atoms with Crippen molar-refractivity contribution in [3.05, 3.63) is 89.0 Å². The molecule has 0 atom stereocenters. The van der Waals surface area contributed by atoms with E-state index >= 15 is 0 Å². The number of carbonyl (C=O) groups excluding carboxylic acids is 2. The molecule has 0 saturated carbocycles. The van der Waals surface area contributed by atoms with Crippen LogP contribution in [0.3, 0.4) is 0 Å². The second-order valence-electron chi connectivity index (χ2n) is 7.54. The van der Waals surface area contributed by atoms with Gasteiger partial charge in [0.1, 0.15) is 12.4 Å². The summed E-state index contributed by atoms with van der Waals surface area (Å²) >= 11 is 0. The largest absolute Gasteiger partial charge is 0.489 e. The number of nitrogens with one attached hydrogen (secondary N) is 1. The fraction of sp³-hybridized carbons (Fsp3) is 0.192. The van der Waals surface area contributed by atoms with E-state index in [0.717, 1.165) is 5.56 Å². The molecular weight excluding hydrogens is 461 g/mol. The Balaban J connectivity index is 1.74. The lowest BCUT2D eigenvalue weighted by Crippen LogP contribution is -2.37. The maximum absolute atomic E-state index is 12.3. The maximum atomic E-state index is 12.3. The SMILES string of the molecule is COC(=O)c1cc(COc2cccc(CCNC(=O)C(F)(F)F)c2)cc(-c2cccc(C#N)c2)c1. The quantitative estimate of drug-likeness (QED) is 0.466. The van der Waals surface area contributed by atoms with Gasteiger partial charge >= 0.3 is 18.1 Å². The van der Waals surface area contributed by atoms with E-state index in [2.05, 4.69) is 6.07 Å². The van der Waals surface area contributed by atoms with Crippen LogP contribution in [0.5, 0.6) is 5.75 Å². The first kappa shape index (κ1) is 25.3. The Morgan fingerprint density at radius 1 is 0.971 bits per heavy atom. The highest BCUT2D eigenvalue weighted by Crippen LogP contribution is 2.25. The van der Waals surface area contributed by atoms with Gasteiger partial charge in [-0.2, -0.15) is 18.4 Å². The van der Waals surface area contributed by atoms with E-state index in [1.54, 1.807) is 54.6 Å². The summed E-state index contributed by atoms with van der Waals surface area (Å²) in [5.74, 6) is -2.03. The molecule has 6 nitrogen and oxygen atoms in total. The highest BCUT2D eigenvalue weighted by Gasteiger charge is 2.38. The first-order valence-corrected chi connectivity index (χ1v) is 10.5. The van der Waals surface area contributed by atoms with Gasteiger partial charge in [-0.25, -0.2) is 4.79 Å². The van der Waals surface area contributed by atoms with Gasteiger partial charge in [0.25, 0.3) is 0 Å². The van der Waals surface area contributed by atoms with E-state index in [4.69, 9.17) is 9.47 Å². The lowest BCUT2D eigenvalue weighted by Gasteiger charge is -2.12. The van der Waals surface area contributed by atoms with Crippen LogP contribution >= 0.6 is 0 Å². The molecule has 0 fully saturated rings. The van der Waals surface area contributed by atoms with Crippen molar-refractivity contribution < 1.29 is 32.2 Å². The van der Waals surface area contributed by atoms with E-state index in [1.807, 2.05) is 17.4 Å². The van der Waals surface area contributed by atoms with Crippen molar-refractivity contribution in [1.29, 1.82) is 5.26 Å². The number of carbonyl (C=O) groups is 2. The molecule has 0 aliphatic heterocycles. The molecule has 9 heteroatoms. The van der Waals surface area contributed by atoms with Gasteiger partial charge < -0.3 is 14.8 Å². The third-order valence-corrected chi connectivity index (χ3v) is 5.00. The van der Waals surface area contributed by atoms with Crippen molar-refractivity contribution in [1.82, 2.24) is 5.32 Å². The van der Waals surface area contributed by atoms with Crippen LogP contribution in [0.4, 0.5) is 13.2 Å². The summed E-state index contributed by atoms with van der Waals surface area (Å²) in [6.07, 6.45) is -4.73. The molecule has 1 N–H and O–H groups in total. The number of halogens is 3. The minimum Gasteiger partial charge on any atom is -0.489 e. The minimum atomic E-state index is -4.92. The van der Waals surface area contributed by atoms with Crippen LogP contribution in [0.1, 0.15) is 27.0 Å². The molecule has 0 bridgehead atoms. The molecule has 1 amide bonds. The number of benzene rings is 3. The molecule has 0 aliphatic carbocycles. The first-order chi connectivity index (χ1) is 16.7. The summed E-state index contributed by atoms with van der Waals surface area (Å²) in [5.41, 5.74) is 3.61. The van der Waals surface area contributed by atoms with Gasteiger partial charge in [-0.3, -0.25) is 4.79 Å². The standard InChI is InChI=1S/C26H21F3N2O4/c1-34-24(32)22-12-19(11-21(14-22)20-6-2-5-18(10-20)15-30)16-35-23-7-3-4-17(13-23)8-9-31-25(33)26(27,28)29/h2-7,10-14H,8-9,16H2,1H3,(H,31,33). The van der Waals surface area contributed by atoms with Crippen molar-refractivity contribution in [3.63, 3.8) is 0 Å². The summed E-state index contributed by atoms with van der Waals surface area (Å²) in [5, 5.41) is 11.0. The topological polar surface area (TPSA) is 88.4 Å². The Hall–Kier alpha value is -4.32. The van der Waals surface area contributed by atoms with Crippen LogP contribution in [0.2, 0.25) is 0 Å². The van der Waals surface area contributed by atoms with Gasteiger partial charge in [0, 0.05) is 6.54 Å². The monoisotopic (exact) mass is 482 g/mol. The third-order valence-electron chi connectivity index (χ3n) is 5.00. The van der Waals surface area contributed by atoms with Gasteiger partial charge in [-0.05, 0) is 71.1 Å². The van der Waals surface area contributed by atoms with Gasteiger partial charge in [0.15, 0.2) is 0 Å². The van der Waals surface area contributed by atoms with Gasteiger partial charge in [-0.1, -0.05) is 24.3 Å². The van der Waals surface area contributed by atoms with Crippen LogP contribution in [0, 0.1) is 11.3 Å². The lowest BCUT2D eigenvalue weighted by molar-refractivity contribution is -0.173. The second kappa shape index (κ2) is 11.2. The van der Waals surface area contributed by atoms with Crippen molar-refractivity contribution >= 4 is 11.9 Å². The van der Waals surface area contributed by atoms with Crippen LogP contribution < -0.4 is 10.1 Å². The number of hydrogen-bond acceptors (Lipinski definition) is 5. The Morgan fingerprint density at radius 3 is 2.46 bits per heavy atom. The summed E-state index contributed by atoms with van der Waals surface area (Å²) in [4.78, 5) is 23.1. The molecule has 0 aromatic heterocycles. The molecule has 0 saturated heterocycles. The summed E-state index contributed by atoms with van der Waals surface area (Å²) in [6.45, 7) is -0.0713. The van der Waals surface area contributed by atoms with E-state index in [9.17, 15) is 28.0 Å². The summed E-state index contributed by atoms with van der Waals surface area (Å²) in [7, 11) is 1.28. The molecule has 3 aromatic carbocycles. The number of ether oxygens (including phenoxy) is 2. The van der Waals surface area contributed by atoms with Gasteiger partial charge in [-0.15, -0.1) is 0 Å². The molecule has 0 spiro atoms. The van der Waals surface area contributed by atoms with Crippen molar-refractivity contribution in [2.75, 3.05) is 13.7 Å². The van der Waals surface area contributed by atoms with Crippen LogP contribution in [-0.4, -0.2) is 31.7 Å². The fourth-order valence-corrected chi connectivity index (χ4v) is 3.32. The molecule has 0 radical (unpaired) electrons. The van der Waals surface area contributed by atoms with E-state index in [-0.39, 0.29) is 19.6 Å². The molecule has 0 heterocycles. The number of methoxy groups -OCH3 is 1. The maximum Gasteiger partial charge on any atom is 0.471 e. The van der Waals surface area contributed by atoms with Crippen LogP contribution in [0.25, 0.3) is 11.1 Å². The zero-order chi connectivity index (χ0) is 25.4. The molecule has 3 aromatic rings. The van der Waals surface area contributed by atoms with Gasteiger partial charge in [0.2, 0.25) is 0 Å².